The van der Waals surface area contributed by atoms with Crippen LogP contribution in [0, 0.1) is 0 Å². The maximum Gasteiger partial charge on any atom is 0.246 e. The molecule has 2 rings (SSSR count). The van der Waals surface area contributed by atoms with Gasteiger partial charge in [0.1, 0.15) is 11.5 Å². The fourth-order valence-electron chi connectivity index (χ4n) is 2.90. The molecule has 6 nitrogen and oxygen atoms in total. The van der Waals surface area contributed by atoms with Crippen molar-refractivity contribution in [3.05, 3.63) is 35.4 Å². The Bertz CT molecular complexity index is 677. The van der Waals surface area contributed by atoms with Gasteiger partial charge in [0.05, 0.1) is 19.3 Å². The lowest BCUT2D eigenvalue weighted by atomic mass is 10.0. The summed E-state index contributed by atoms with van der Waals surface area (Å²) in [6, 6.07) is 3.53. The fraction of sp³-hybridized carbons (Fsp3) is 0.500. The first kappa shape index (κ1) is 20.0. The summed E-state index contributed by atoms with van der Waals surface area (Å²) >= 11 is 0. The monoisotopic (exact) mass is 360 g/mol. The predicted octanol–water partition coefficient (Wildman–Crippen LogP) is 2.17. The van der Waals surface area contributed by atoms with E-state index in [0.717, 1.165) is 30.8 Å². The minimum Gasteiger partial charge on any atom is -0.496 e. The Balaban J connectivity index is 2.16. The van der Waals surface area contributed by atoms with Crippen LogP contribution in [0.15, 0.2) is 24.3 Å². The standard InChI is InChI=1S/C20H28N2O4/c1-5-15-13-16(19(25-4)14-18(15)26-6-2)17(23)7-8-20(24)22-11-9-21(3)10-12-22/h7-8,13-14H,5-6,9-12H2,1-4H3. The molecule has 1 aliphatic rings. The predicted molar refractivity (Wildman–Crippen MR) is 101 cm³/mol. The Kier molecular flexibility index (Phi) is 7.21. The van der Waals surface area contributed by atoms with E-state index in [1.165, 1.54) is 19.3 Å². The highest BCUT2D eigenvalue weighted by atomic mass is 16.5. The number of piperazine rings is 1. The molecular formula is C20H28N2O4. The topological polar surface area (TPSA) is 59.1 Å². The third kappa shape index (κ3) is 4.85. The maximum absolute atomic E-state index is 12.6. The third-order valence-electron chi connectivity index (χ3n) is 4.52. The van der Waals surface area contributed by atoms with Gasteiger partial charge in [-0.15, -0.1) is 0 Å². The Labute approximate surface area is 155 Å². The molecule has 1 fully saturated rings. The average molecular weight is 360 g/mol. The molecule has 0 spiro atoms. The number of amides is 1. The second-order valence-electron chi connectivity index (χ2n) is 6.27. The number of carbonyl (C=O) groups excluding carboxylic acids is 2. The first-order valence-corrected chi connectivity index (χ1v) is 9.03. The SMILES string of the molecule is CCOc1cc(OC)c(C(=O)C=CC(=O)N2CCN(C)CC2)cc1CC. The number of rotatable bonds is 7. The number of methoxy groups -OCH3 is 1. The van der Waals surface area contributed by atoms with E-state index in [4.69, 9.17) is 9.47 Å². The van der Waals surface area contributed by atoms with E-state index in [1.807, 2.05) is 20.9 Å². The van der Waals surface area contributed by atoms with E-state index in [9.17, 15) is 9.59 Å². The molecule has 1 aliphatic heterocycles. The largest absolute Gasteiger partial charge is 0.496 e. The van der Waals surface area contributed by atoms with Gasteiger partial charge in [-0.05, 0) is 38.1 Å². The molecule has 1 amide bonds. The second kappa shape index (κ2) is 9.38. The molecule has 142 valence electrons. The fourth-order valence-corrected chi connectivity index (χ4v) is 2.90. The van der Waals surface area contributed by atoms with Gasteiger partial charge in [0.25, 0.3) is 0 Å². The molecule has 0 N–H and O–H groups in total. The zero-order chi connectivity index (χ0) is 19.1. The third-order valence-corrected chi connectivity index (χ3v) is 4.52. The second-order valence-corrected chi connectivity index (χ2v) is 6.27. The van der Waals surface area contributed by atoms with Gasteiger partial charge < -0.3 is 19.3 Å². The van der Waals surface area contributed by atoms with Crippen molar-refractivity contribution in [1.29, 1.82) is 0 Å². The number of allylic oxidation sites excluding steroid dienone is 1. The van der Waals surface area contributed by atoms with Gasteiger partial charge in [0.15, 0.2) is 5.78 Å². The van der Waals surface area contributed by atoms with Crippen LogP contribution in [0.1, 0.15) is 29.8 Å². The molecule has 26 heavy (non-hydrogen) atoms. The van der Waals surface area contributed by atoms with Gasteiger partial charge in [-0.3, -0.25) is 9.59 Å². The summed E-state index contributed by atoms with van der Waals surface area (Å²) in [6.07, 6.45) is 3.43. The Morgan fingerprint density at radius 3 is 2.35 bits per heavy atom. The first-order chi connectivity index (χ1) is 12.5. The molecule has 1 saturated heterocycles. The highest BCUT2D eigenvalue weighted by molar-refractivity contribution is 6.09. The number of likely N-dealkylation sites (N-methyl/N-ethyl adjacent to an activating group) is 1. The first-order valence-electron chi connectivity index (χ1n) is 9.03. The van der Waals surface area contributed by atoms with Gasteiger partial charge in [-0.25, -0.2) is 0 Å². The van der Waals surface area contributed by atoms with Crippen LogP contribution < -0.4 is 9.47 Å². The van der Waals surface area contributed by atoms with Crippen LogP contribution in [0.25, 0.3) is 0 Å². The lowest BCUT2D eigenvalue weighted by Crippen LogP contribution is -2.46. The average Bonchev–Trinajstić information content (AvgIpc) is 2.66. The number of carbonyl (C=O) groups is 2. The van der Waals surface area contributed by atoms with Crippen LogP contribution in [-0.4, -0.2) is 68.4 Å². The molecule has 6 heteroatoms. The van der Waals surface area contributed by atoms with Crippen molar-refractivity contribution in [2.75, 3.05) is 46.9 Å². The molecule has 0 radical (unpaired) electrons. The summed E-state index contributed by atoms with van der Waals surface area (Å²) in [4.78, 5) is 28.8. The van der Waals surface area contributed by atoms with Crippen molar-refractivity contribution in [1.82, 2.24) is 9.80 Å². The van der Waals surface area contributed by atoms with Gasteiger partial charge in [-0.2, -0.15) is 0 Å². The zero-order valence-electron chi connectivity index (χ0n) is 16.1. The smallest absolute Gasteiger partial charge is 0.246 e. The number of ether oxygens (including phenoxy) is 2. The van der Waals surface area contributed by atoms with Crippen molar-refractivity contribution in [2.45, 2.75) is 20.3 Å². The number of benzene rings is 1. The maximum atomic E-state index is 12.6. The molecule has 1 aromatic rings. The molecule has 0 aromatic heterocycles. The summed E-state index contributed by atoms with van der Waals surface area (Å²) in [5, 5.41) is 0. The molecule has 0 atom stereocenters. The van der Waals surface area contributed by atoms with Crippen LogP contribution in [0.5, 0.6) is 11.5 Å². The quantitative estimate of drug-likeness (QED) is 0.551. The van der Waals surface area contributed by atoms with Gasteiger partial charge in [-0.1, -0.05) is 6.92 Å². The number of hydrogen-bond acceptors (Lipinski definition) is 5. The van der Waals surface area contributed by atoms with Crippen molar-refractivity contribution in [3.63, 3.8) is 0 Å². The summed E-state index contributed by atoms with van der Waals surface area (Å²) < 4.78 is 11.0. The Morgan fingerprint density at radius 2 is 1.77 bits per heavy atom. The van der Waals surface area contributed by atoms with Crippen molar-refractivity contribution < 1.29 is 19.1 Å². The van der Waals surface area contributed by atoms with E-state index in [2.05, 4.69) is 4.90 Å². The minimum atomic E-state index is -0.248. The highest BCUT2D eigenvalue weighted by Crippen LogP contribution is 2.30. The van der Waals surface area contributed by atoms with E-state index in [0.29, 0.717) is 31.0 Å². The molecule has 1 heterocycles. The van der Waals surface area contributed by atoms with E-state index >= 15 is 0 Å². The normalized spacial score (nSPS) is 15.3. The van der Waals surface area contributed by atoms with E-state index < -0.39 is 0 Å². The summed E-state index contributed by atoms with van der Waals surface area (Å²) in [5.41, 5.74) is 1.38. The molecular weight excluding hydrogens is 332 g/mol. The lowest BCUT2D eigenvalue weighted by Gasteiger charge is -2.31. The van der Waals surface area contributed by atoms with Crippen LogP contribution in [-0.2, 0) is 11.2 Å². The van der Waals surface area contributed by atoms with Gasteiger partial charge in [0.2, 0.25) is 5.91 Å². The van der Waals surface area contributed by atoms with Gasteiger partial charge >= 0.3 is 0 Å². The van der Waals surface area contributed by atoms with Gasteiger partial charge in [0, 0.05) is 38.3 Å². The molecule has 0 unspecified atom stereocenters. The van der Waals surface area contributed by atoms with Crippen molar-refractivity contribution >= 4 is 11.7 Å². The molecule has 0 aliphatic carbocycles. The van der Waals surface area contributed by atoms with Crippen molar-refractivity contribution in [2.24, 2.45) is 0 Å². The lowest BCUT2D eigenvalue weighted by molar-refractivity contribution is -0.127. The number of aryl methyl sites for hydroxylation is 1. The minimum absolute atomic E-state index is 0.132. The number of ketones is 1. The van der Waals surface area contributed by atoms with Crippen molar-refractivity contribution in [3.8, 4) is 11.5 Å². The molecule has 0 bridgehead atoms. The van der Waals surface area contributed by atoms with Crippen LogP contribution >= 0.6 is 0 Å². The van der Waals surface area contributed by atoms with Crippen LogP contribution in [0.4, 0.5) is 0 Å². The Hall–Kier alpha value is -2.34. The number of hydrogen-bond donors (Lipinski definition) is 0. The summed E-state index contributed by atoms with van der Waals surface area (Å²) in [7, 11) is 3.55. The molecule has 1 aromatic carbocycles. The van der Waals surface area contributed by atoms with Crippen LogP contribution in [0.3, 0.4) is 0 Å². The van der Waals surface area contributed by atoms with Crippen LogP contribution in [0.2, 0.25) is 0 Å². The Morgan fingerprint density at radius 1 is 1.08 bits per heavy atom. The highest BCUT2D eigenvalue weighted by Gasteiger charge is 2.18. The molecule has 0 saturated carbocycles. The summed E-state index contributed by atoms with van der Waals surface area (Å²) in [5.74, 6) is 0.794. The van der Waals surface area contributed by atoms with E-state index in [-0.39, 0.29) is 11.7 Å². The number of nitrogens with zero attached hydrogens (tertiary/aromatic N) is 2. The zero-order valence-corrected chi connectivity index (χ0v) is 16.1. The summed E-state index contributed by atoms with van der Waals surface area (Å²) in [6.45, 7) is 7.52. The van der Waals surface area contributed by atoms with E-state index in [1.54, 1.807) is 17.0 Å².